The van der Waals surface area contributed by atoms with Gasteiger partial charge in [-0.15, -0.1) is 0 Å². The highest BCUT2D eigenvalue weighted by Crippen LogP contribution is 2.28. The second kappa shape index (κ2) is 9.38. The number of hydrogen-bond acceptors (Lipinski definition) is 3. The number of methoxy groups -OCH3 is 2. The van der Waals surface area contributed by atoms with Crippen molar-refractivity contribution in [3.8, 4) is 11.5 Å². The number of hydrogen-bond donors (Lipinski definition) is 0. The molecule has 0 unspecified atom stereocenters. The van der Waals surface area contributed by atoms with Crippen LogP contribution in [0.2, 0.25) is 0 Å². The Bertz CT molecular complexity index is 984. The number of rotatable bonds is 7. The molecule has 0 radical (unpaired) electrons. The average Bonchev–Trinajstić information content (AvgIpc) is 2.76. The van der Waals surface area contributed by atoms with Gasteiger partial charge in [0.2, 0.25) is 0 Å². The third-order valence-corrected chi connectivity index (χ3v) is 4.30. The smallest absolute Gasteiger partial charge is 0.185 e. The molecule has 28 heavy (non-hydrogen) atoms. The number of carbonyl (C=O) groups excluding carboxylic acids is 1. The molecule has 0 aliphatic carbocycles. The summed E-state index contributed by atoms with van der Waals surface area (Å²) in [5.74, 6) is 1.24. The number of allylic oxidation sites excluding steroid dienone is 1. The number of ketones is 1. The Hall–Kier alpha value is -3.59. The van der Waals surface area contributed by atoms with Gasteiger partial charge in [0.15, 0.2) is 17.3 Å². The van der Waals surface area contributed by atoms with Crippen LogP contribution in [0.4, 0.5) is 0 Å². The molecular weight excluding hydrogens is 348 g/mol. The zero-order chi connectivity index (χ0) is 19.8. The summed E-state index contributed by atoms with van der Waals surface area (Å²) in [6.07, 6.45) is 7.42. The quantitative estimate of drug-likeness (QED) is 0.301. The molecule has 0 amide bonds. The van der Waals surface area contributed by atoms with Gasteiger partial charge >= 0.3 is 0 Å². The third-order valence-electron chi connectivity index (χ3n) is 4.30. The maximum absolute atomic E-state index is 12.4. The van der Waals surface area contributed by atoms with Crippen molar-refractivity contribution in [3.63, 3.8) is 0 Å². The minimum atomic E-state index is -0.0478. The van der Waals surface area contributed by atoms with Crippen molar-refractivity contribution in [2.24, 2.45) is 0 Å². The lowest BCUT2D eigenvalue weighted by molar-refractivity contribution is 0.104. The Labute approximate surface area is 165 Å². The summed E-state index contributed by atoms with van der Waals surface area (Å²) in [7, 11) is 3.18. The lowest BCUT2D eigenvalue weighted by atomic mass is 10.1. The molecule has 3 rings (SSSR count). The number of ether oxygens (including phenoxy) is 2. The van der Waals surface area contributed by atoms with E-state index in [0.29, 0.717) is 17.1 Å². The van der Waals surface area contributed by atoms with E-state index in [1.165, 1.54) is 0 Å². The van der Waals surface area contributed by atoms with E-state index in [1.54, 1.807) is 26.4 Å². The zero-order valence-corrected chi connectivity index (χ0v) is 16.0. The van der Waals surface area contributed by atoms with Crippen molar-refractivity contribution in [2.75, 3.05) is 14.2 Å². The second-order valence-corrected chi connectivity index (χ2v) is 6.18. The highest BCUT2D eigenvalue weighted by Gasteiger charge is 2.04. The van der Waals surface area contributed by atoms with Crippen molar-refractivity contribution in [2.45, 2.75) is 0 Å². The molecule has 0 aromatic heterocycles. The molecular formula is C25H22O3. The molecule has 0 atom stereocenters. The van der Waals surface area contributed by atoms with Crippen LogP contribution in [0.1, 0.15) is 27.0 Å². The fourth-order valence-electron chi connectivity index (χ4n) is 2.74. The first-order valence-electron chi connectivity index (χ1n) is 8.97. The molecule has 0 spiro atoms. The predicted octanol–water partition coefficient (Wildman–Crippen LogP) is 5.77. The zero-order valence-electron chi connectivity index (χ0n) is 16.0. The standard InChI is InChI=1S/C25H22O3/c1-27-24-17-13-21(18-25(24)28-2)12-16-23(26)22-14-10-20(11-15-22)9-8-19-6-4-3-5-7-19/h3-18H,1-2H3/b9-8+,16-12+. The summed E-state index contributed by atoms with van der Waals surface area (Å²) >= 11 is 0. The fraction of sp³-hybridized carbons (Fsp3) is 0.0800. The fourth-order valence-corrected chi connectivity index (χ4v) is 2.74. The van der Waals surface area contributed by atoms with Crippen LogP contribution in [-0.2, 0) is 0 Å². The van der Waals surface area contributed by atoms with E-state index in [-0.39, 0.29) is 5.78 Å². The highest BCUT2D eigenvalue weighted by atomic mass is 16.5. The van der Waals surface area contributed by atoms with E-state index in [1.807, 2.05) is 84.9 Å². The summed E-state index contributed by atoms with van der Waals surface area (Å²) in [6.45, 7) is 0. The Balaban J connectivity index is 1.68. The van der Waals surface area contributed by atoms with E-state index in [0.717, 1.165) is 16.7 Å². The maximum atomic E-state index is 12.4. The van der Waals surface area contributed by atoms with Crippen LogP contribution in [-0.4, -0.2) is 20.0 Å². The monoisotopic (exact) mass is 370 g/mol. The van der Waals surface area contributed by atoms with Gasteiger partial charge in [-0.1, -0.05) is 78.9 Å². The minimum absolute atomic E-state index is 0.0478. The maximum Gasteiger partial charge on any atom is 0.185 e. The first-order valence-corrected chi connectivity index (χ1v) is 8.97. The van der Waals surface area contributed by atoms with Gasteiger partial charge in [0.1, 0.15) is 0 Å². The highest BCUT2D eigenvalue weighted by molar-refractivity contribution is 6.06. The first kappa shape index (κ1) is 19.2. The molecule has 0 aliphatic heterocycles. The van der Waals surface area contributed by atoms with Crippen LogP contribution in [0, 0.1) is 0 Å². The summed E-state index contributed by atoms with van der Waals surface area (Å²) in [6, 6.07) is 23.2. The minimum Gasteiger partial charge on any atom is -0.493 e. The van der Waals surface area contributed by atoms with E-state index in [2.05, 4.69) is 0 Å². The number of benzene rings is 3. The summed E-state index contributed by atoms with van der Waals surface area (Å²) in [4.78, 5) is 12.4. The molecule has 0 fully saturated rings. The molecule has 0 heterocycles. The van der Waals surface area contributed by atoms with Crippen LogP contribution < -0.4 is 9.47 Å². The van der Waals surface area contributed by atoms with Crippen molar-refractivity contribution in [3.05, 3.63) is 101 Å². The molecule has 0 N–H and O–H groups in total. The Kier molecular flexibility index (Phi) is 6.42. The van der Waals surface area contributed by atoms with Crippen molar-refractivity contribution in [1.29, 1.82) is 0 Å². The Morgan fingerprint density at radius 2 is 1.29 bits per heavy atom. The van der Waals surface area contributed by atoms with Crippen molar-refractivity contribution < 1.29 is 14.3 Å². The average molecular weight is 370 g/mol. The molecule has 3 aromatic rings. The summed E-state index contributed by atoms with van der Waals surface area (Å²) < 4.78 is 10.5. The summed E-state index contributed by atoms with van der Waals surface area (Å²) in [5, 5.41) is 0. The van der Waals surface area contributed by atoms with E-state index in [9.17, 15) is 4.79 Å². The van der Waals surface area contributed by atoms with Gasteiger partial charge in [-0.05, 0) is 34.9 Å². The van der Waals surface area contributed by atoms with Crippen LogP contribution in [0.25, 0.3) is 18.2 Å². The lowest BCUT2D eigenvalue weighted by Gasteiger charge is -2.07. The van der Waals surface area contributed by atoms with E-state index < -0.39 is 0 Å². The van der Waals surface area contributed by atoms with Gasteiger partial charge in [0, 0.05) is 5.56 Å². The Morgan fingerprint density at radius 1 is 0.679 bits per heavy atom. The van der Waals surface area contributed by atoms with Crippen LogP contribution >= 0.6 is 0 Å². The molecule has 3 heteroatoms. The largest absolute Gasteiger partial charge is 0.493 e. The van der Waals surface area contributed by atoms with Gasteiger partial charge in [0.05, 0.1) is 14.2 Å². The molecule has 0 saturated heterocycles. The van der Waals surface area contributed by atoms with E-state index in [4.69, 9.17) is 9.47 Å². The SMILES string of the molecule is COc1ccc(/C=C/C(=O)c2ccc(/C=C/c3ccccc3)cc2)cc1OC. The molecule has 140 valence electrons. The normalized spacial score (nSPS) is 11.1. The summed E-state index contributed by atoms with van der Waals surface area (Å²) in [5.41, 5.74) is 3.70. The van der Waals surface area contributed by atoms with Crippen LogP contribution in [0.15, 0.2) is 78.9 Å². The predicted molar refractivity (Wildman–Crippen MR) is 115 cm³/mol. The second-order valence-electron chi connectivity index (χ2n) is 6.18. The Morgan fingerprint density at radius 3 is 1.93 bits per heavy atom. The van der Waals surface area contributed by atoms with Gasteiger partial charge in [-0.25, -0.2) is 0 Å². The van der Waals surface area contributed by atoms with Crippen LogP contribution in [0.3, 0.4) is 0 Å². The van der Waals surface area contributed by atoms with Gasteiger partial charge in [-0.3, -0.25) is 4.79 Å². The molecule has 0 aliphatic rings. The van der Waals surface area contributed by atoms with Gasteiger partial charge in [0.25, 0.3) is 0 Å². The lowest BCUT2D eigenvalue weighted by Crippen LogP contribution is -1.94. The van der Waals surface area contributed by atoms with Crippen molar-refractivity contribution in [1.82, 2.24) is 0 Å². The van der Waals surface area contributed by atoms with Crippen LogP contribution in [0.5, 0.6) is 11.5 Å². The third kappa shape index (κ3) is 4.98. The molecule has 0 bridgehead atoms. The molecule has 3 nitrogen and oxygen atoms in total. The number of carbonyl (C=O) groups is 1. The molecule has 3 aromatic carbocycles. The topological polar surface area (TPSA) is 35.5 Å². The van der Waals surface area contributed by atoms with Crippen molar-refractivity contribution >= 4 is 24.0 Å². The van der Waals surface area contributed by atoms with Gasteiger partial charge in [-0.2, -0.15) is 0 Å². The first-order chi connectivity index (χ1) is 13.7. The van der Waals surface area contributed by atoms with E-state index >= 15 is 0 Å². The molecule has 0 saturated carbocycles. The van der Waals surface area contributed by atoms with Gasteiger partial charge < -0.3 is 9.47 Å².